The van der Waals surface area contributed by atoms with Crippen LogP contribution < -0.4 is 16.1 Å². The van der Waals surface area contributed by atoms with Gasteiger partial charge >= 0.3 is 11.7 Å². The van der Waals surface area contributed by atoms with Crippen molar-refractivity contribution in [2.75, 3.05) is 11.9 Å². The topological polar surface area (TPSA) is 102 Å². The molecule has 0 bridgehead atoms. The molecular weight excluding hydrogens is 556 g/mol. The Balaban J connectivity index is 1.90. The third-order valence-corrected chi connectivity index (χ3v) is 9.32. The Morgan fingerprint density at radius 2 is 1.16 bits per heavy atom. The number of nitrogens with zero attached hydrogens (tertiary/aromatic N) is 4. The number of aromatic nitrogens is 2. The van der Waals surface area contributed by atoms with Crippen LogP contribution in [0.1, 0.15) is 62.7 Å². The van der Waals surface area contributed by atoms with E-state index in [4.69, 9.17) is 0 Å². The molecule has 2 aromatic carbocycles. The van der Waals surface area contributed by atoms with Crippen molar-refractivity contribution in [1.29, 1.82) is 0 Å². The van der Waals surface area contributed by atoms with E-state index in [2.05, 4.69) is 0 Å². The summed E-state index contributed by atoms with van der Waals surface area (Å²) in [4.78, 5) is 69.0. The number of aryl methyl sites for hydroxylation is 2. The number of anilines is 1. The molecule has 0 unspecified atom stereocenters. The van der Waals surface area contributed by atoms with Crippen LogP contribution in [0.15, 0.2) is 38.9 Å². The lowest BCUT2D eigenvalue weighted by Gasteiger charge is -2.33. The highest BCUT2D eigenvalue weighted by molar-refractivity contribution is 6.37. The largest absolute Gasteiger partial charge is 0.338 e. The average molecular weight is 597 g/mol. The number of hydrogen-bond acceptors (Lipinski definition) is 5. The monoisotopic (exact) mass is 596 g/mol. The highest BCUT2D eigenvalue weighted by Crippen LogP contribution is 2.32. The van der Waals surface area contributed by atoms with E-state index in [1.165, 1.54) is 24.7 Å². The highest BCUT2D eigenvalue weighted by Gasteiger charge is 2.41. The van der Waals surface area contributed by atoms with Crippen LogP contribution in [0.5, 0.6) is 0 Å². The summed E-state index contributed by atoms with van der Waals surface area (Å²) in [6, 6.07) is 2.99. The minimum absolute atomic E-state index is 0.209. The van der Waals surface area contributed by atoms with Crippen molar-refractivity contribution in [2.24, 2.45) is 7.05 Å². The van der Waals surface area contributed by atoms with E-state index >= 15 is 0 Å². The Morgan fingerprint density at radius 3 is 1.70 bits per heavy atom. The summed E-state index contributed by atoms with van der Waals surface area (Å²) in [5.41, 5.74) is 8.86. The highest BCUT2D eigenvalue weighted by atomic mass is 16.2. The third-order valence-electron chi connectivity index (χ3n) is 9.32. The summed E-state index contributed by atoms with van der Waals surface area (Å²) in [5, 5.41) is 0. The molecule has 1 aliphatic heterocycles. The fourth-order valence-corrected chi connectivity index (χ4v) is 5.68. The summed E-state index contributed by atoms with van der Waals surface area (Å²) < 4.78 is 2.58. The molecule has 0 atom stereocenters. The van der Waals surface area contributed by atoms with Crippen molar-refractivity contribution in [3.05, 3.63) is 106 Å². The number of allylic oxidation sites excluding steroid dienone is 2. The zero-order valence-electron chi connectivity index (χ0n) is 27.6. The maximum absolute atomic E-state index is 13.8. The molecule has 1 aliphatic rings. The van der Waals surface area contributed by atoms with Crippen LogP contribution in [0.2, 0.25) is 0 Å². The molecule has 0 N–H and O–H groups in total. The molecule has 1 aromatic heterocycles. The minimum Gasteiger partial charge on any atom is -0.268 e. The van der Waals surface area contributed by atoms with Gasteiger partial charge in [0.15, 0.2) is 0 Å². The van der Waals surface area contributed by atoms with Crippen LogP contribution >= 0.6 is 0 Å². The lowest BCUT2D eigenvalue weighted by atomic mass is 9.96. The van der Waals surface area contributed by atoms with E-state index in [0.717, 1.165) is 58.9 Å². The smallest absolute Gasteiger partial charge is 0.268 e. The van der Waals surface area contributed by atoms with Crippen LogP contribution in [0.4, 0.5) is 10.5 Å². The predicted octanol–water partition coefficient (Wildman–Crippen LogP) is 5.27. The Hall–Kier alpha value is -4.79. The van der Waals surface area contributed by atoms with Gasteiger partial charge < -0.3 is 0 Å². The Bertz CT molecular complexity index is 1990. The number of carbonyl (C=O) groups excluding carboxylic acids is 3. The predicted molar refractivity (Wildman–Crippen MR) is 174 cm³/mol. The molecule has 9 nitrogen and oxygen atoms in total. The average Bonchev–Trinajstić information content (AvgIpc) is 2.98. The van der Waals surface area contributed by atoms with Crippen molar-refractivity contribution in [3.63, 3.8) is 0 Å². The number of rotatable bonds is 4. The maximum Gasteiger partial charge on any atom is 0.338 e. The van der Waals surface area contributed by atoms with Crippen molar-refractivity contribution < 1.29 is 14.4 Å². The molecule has 0 radical (unpaired) electrons. The first kappa shape index (κ1) is 32.1. The Labute approximate surface area is 257 Å². The zero-order chi connectivity index (χ0) is 33.1. The quantitative estimate of drug-likeness (QED) is 0.302. The van der Waals surface area contributed by atoms with Gasteiger partial charge in [-0.1, -0.05) is 0 Å². The van der Waals surface area contributed by atoms with Crippen molar-refractivity contribution in [1.82, 2.24) is 14.0 Å². The summed E-state index contributed by atoms with van der Waals surface area (Å²) in [7, 11) is 2.76. The second-order valence-electron chi connectivity index (χ2n) is 11.9. The molecule has 2 heterocycles. The molecular formula is C35H40N4O5. The molecule has 9 heteroatoms. The number of carbonyl (C=O) groups is 3. The number of benzene rings is 2. The van der Waals surface area contributed by atoms with Gasteiger partial charge in [-0.05, 0) is 144 Å². The first-order valence-electron chi connectivity index (χ1n) is 14.5. The van der Waals surface area contributed by atoms with Gasteiger partial charge in [0.2, 0.25) is 0 Å². The molecule has 44 heavy (non-hydrogen) atoms. The molecule has 1 fully saturated rings. The van der Waals surface area contributed by atoms with Crippen molar-refractivity contribution in [2.45, 2.75) is 69.2 Å². The summed E-state index contributed by atoms with van der Waals surface area (Å²) in [5.74, 6) is -1.48. The molecule has 1 saturated heterocycles. The van der Waals surface area contributed by atoms with Gasteiger partial charge in [-0.25, -0.2) is 14.5 Å². The number of likely N-dealkylation sites (N-methyl/N-ethyl adjacent to an activating group) is 1. The number of amides is 4. The first-order valence-corrected chi connectivity index (χ1v) is 14.5. The fourth-order valence-electron chi connectivity index (χ4n) is 5.68. The molecule has 0 spiro atoms. The van der Waals surface area contributed by atoms with Crippen LogP contribution in [-0.4, -0.2) is 38.9 Å². The second kappa shape index (κ2) is 11.4. The van der Waals surface area contributed by atoms with Crippen molar-refractivity contribution in [3.8, 4) is 5.69 Å². The summed E-state index contributed by atoms with van der Waals surface area (Å²) in [6.07, 6.45) is 2.96. The molecule has 4 rings (SSSR count). The van der Waals surface area contributed by atoms with E-state index in [1.54, 1.807) is 26.0 Å². The van der Waals surface area contributed by atoms with Gasteiger partial charge in [0.05, 0.1) is 16.9 Å². The first-order chi connectivity index (χ1) is 20.4. The van der Waals surface area contributed by atoms with E-state index in [0.29, 0.717) is 22.6 Å². The van der Waals surface area contributed by atoms with Crippen LogP contribution in [-0.2, 0) is 16.6 Å². The van der Waals surface area contributed by atoms with E-state index in [-0.39, 0.29) is 11.1 Å². The van der Waals surface area contributed by atoms with Gasteiger partial charge in [-0.2, -0.15) is 0 Å². The van der Waals surface area contributed by atoms with Gasteiger partial charge in [0.1, 0.15) is 5.57 Å². The summed E-state index contributed by atoms with van der Waals surface area (Å²) in [6.45, 7) is 19.0. The Morgan fingerprint density at radius 1 is 0.659 bits per heavy atom. The third kappa shape index (κ3) is 4.96. The van der Waals surface area contributed by atoms with Crippen molar-refractivity contribution >= 4 is 29.6 Å². The standard InChI is InChI=1S/C35H40N4O5/c1-17(13-27-26(10)38(34(43)36(11)31(27)40)29-15-18(2)20(4)22(6)24(29)8)14-28-32(41)37(12)35(44)39(33(28)42)30-16-19(3)21(5)23(7)25(30)9/h13-16H,1-12H3/b17-13+,28-14+. The van der Waals surface area contributed by atoms with Gasteiger partial charge in [0.25, 0.3) is 17.4 Å². The van der Waals surface area contributed by atoms with E-state index in [9.17, 15) is 24.0 Å². The van der Waals surface area contributed by atoms with Crippen LogP contribution in [0.25, 0.3) is 11.8 Å². The SMILES string of the molecule is CC(=C\c1c(C)n(-c2cc(C)c(C)c(C)c2C)c(=O)n(C)c1=O)/C=C1\C(=O)N(C)C(=O)N(c2cc(C)c(C)c(C)c2C)C1=O. The maximum atomic E-state index is 13.8. The van der Waals surface area contributed by atoms with E-state index < -0.39 is 29.1 Å². The number of urea groups is 1. The van der Waals surface area contributed by atoms with E-state index in [1.807, 2.05) is 61.5 Å². The number of hydrogen-bond donors (Lipinski definition) is 0. The molecule has 230 valence electrons. The lowest BCUT2D eigenvalue weighted by Crippen LogP contribution is -2.55. The molecule has 0 aliphatic carbocycles. The molecule has 3 aromatic rings. The lowest BCUT2D eigenvalue weighted by molar-refractivity contribution is -0.128. The molecule has 0 saturated carbocycles. The Kier molecular flexibility index (Phi) is 8.30. The van der Waals surface area contributed by atoms with Crippen LogP contribution in [0.3, 0.4) is 0 Å². The number of imide groups is 2. The minimum atomic E-state index is -0.743. The number of barbiturate groups is 1. The fraction of sp³-hybridized carbons (Fsp3) is 0.343. The van der Waals surface area contributed by atoms with Crippen LogP contribution in [0, 0.1) is 62.3 Å². The van der Waals surface area contributed by atoms with Gasteiger partial charge in [-0.15, -0.1) is 0 Å². The molecule has 4 amide bonds. The van der Waals surface area contributed by atoms with Gasteiger partial charge in [-0.3, -0.25) is 28.4 Å². The second-order valence-corrected chi connectivity index (χ2v) is 11.9. The van der Waals surface area contributed by atoms with Gasteiger partial charge in [0, 0.05) is 19.8 Å². The zero-order valence-corrected chi connectivity index (χ0v) is 27.6. The normalized spacial score (nSPS) is 15.2. The summed E-state index contributed by atoms with van der Waals surface area (Å²) >= 11 is 0.